The minimum atomic E-state index is -5.08. The molecule has 2 rings (SSSR count). The molecule has 158 valence electrons. The van der Waals surface area contributed by atoms with Gasteiger partial charge < -0.3 is 20.3 Å². The largest absolute Gasteiger partial charge is 0.490 e. The lowest BCUT2D eigenvalue weighted by molar-refractivity contribution is -0.192. The van der Waals surface area contributed by atoms with Crippen LogP contribution < -0.4 is 5.32 Å². The number of carboxylic acids is 2. The summed E-state index contributed by atoms with van der Waals surface area (Å²) in [5.41, 5.74) is 0.961. The molecule has 0 spiro atoms. The van der Waals surface area contributed by atoms with Crippen molar-refractivity contribution < 1.29 is 37.7 Å². The van der Waals surface area contributed by atoms with E-state index in [1.165, 1.54) is 0 Å². The average molecular weight is 407 g/mol. The summed E-state index contributed by atoms with van der Waals surface area (Å²) in [5, 5.41) is 19.7. The van der Waals surface area contributed by atoms with Gasteiger partial charge in [-0.3, -0.25) is 4.79 Å². The summed E-state index contributed by atoms with van der Waals surface area (Å²) in [6.45, 7) is 5.58. The number of alkyl halides is 3. The van der Waals surface area contributed by atoms with Gasteiger partial charge in [0.25, 0.3) is 0 Å². The maximum absolute atomic E-state index is 11.5. The van der Waals surface area contributed by atoms with Crippen molar-refractivity contribution in [1.82, 2.24) is 9.97 Å². The predicted molar refractivity (Wildman–Crippen MR) is 93.0 cm³/mol. The molecular formula is C17H24F3N3O5. The number of ether oxygens (including phenoxy) is 1. The number of aryl methyl sites for hydroxylation is 2. The SMILES string of the molecule is CCc1cc(NCC(C(=O)O)C2CCOCC2)nc(C)n1.O=C(O)C(F)(F)F. The number of nitrogens with one attached hydrogen (secondary N) is 1. The van der Waals surface area contributed by atoms with E-state index in [1.807, 2.05) is 19.9 Å². The topological polar surface area (TPSA) is 122 Å². The first-order chi connectivity index (χ1) is 13.0. The van der Waals surface area contributed by atoms with Crippen LogP contribution in [0.2, 0.25) is 0 Å². The van der Waals surface area contributed by atoms with E-state index in [1.54, 1.807) is 0 Å². The summed E-state index contributed by atoms with van der Waals surface area (Å²) in [6, 6.07) is 1.88. The molecule has 1 fully saturated rings. The van der Waals surface area contributed by atoms with Crippen LogP contribution in [0.1, 0.15) is 31.3 Å². The van der Waals surface area contributed by atoms with E-state index in [2.05, 4.69) is 15.3 Å². The summed E-state index contributed by atoms with van der Waals surface area (Å²) >= 11 is 0. The zero-order valence-electron chi connectivity index (χ0n) is 15.6. The number of halogens is 3. The Morgan fingerprint density at radius 2 is 1.86 bits per heavy atom. The van der Waals surface area contributed by atoms with Gasteiger partial charge in [-0.1, -0.05) is 6.92 Å². The highest BCUT2D eigenvalue weighted by Gasteiger charge is 2.38. The van der Waals surface area contributed by atoms with Gasteiger partial charge in [-0.05, 0) is 32.1 Å². The zero-order valence-corrected chi connectivity index (χ0v) is 15.6. The number of carboxylic acid groups (broad SMARTS) is 2. The fourth-order valence-electron chi connectivity index (χ4n) is 2.69. The summed E-state index contributed by atoms with van der Waals surface area (Å²) in [7, 11) is 0. The Labute approximate surface area is 160 Å². The highest BCUT2D eigenvalue weighted by Crippen LogP contribution is 2.24. The van der Waals surface area contributed by atoms with Gasteiger partial charge in [0.15, 0.2) is 0 Å². The quantitative estimate of drug-likeness (QED) is 0.658. The molecule has 0 aromatic carbocycles. The van der Waals surface area contributed by atoms with Crippen molar-refractivity contribution in [2.45, 2.75) is 39.3 Å². The standard InChI is InChI=1S/C15H23N3O3.C2HF3O2/c1-3-12-8-14(18-10(2)17-12)16-9-13(15(19)20)11-4-6-21-7-5-11;3-2(4,5)1(6)7/h8,11,13H,3-7,9H2,1-2H3,(H,19,20)(H,16,17,18);(H,6,7). The molecule has 0 radical (unpaired) electrons. The van der Waals surface area contributed by atoms with E-state index < -0.39 is 24.0 Å². The van der Waals surface area contributed by atoms with Gasteiger partial charge in [0, 0.05) is 31.5 Å². The summed E-state index contributed by atoms with van der Waals surface area (Å²) in [4.78, 5) is 29.0. The predicted octanol–water partition coefficient (Wildman–Crippen LogP) is 2.52. The lowest BCUT2D eigenvalue weighted by Gasteiger charge is -2.27. The average Bonchev–Trinajstić information content (AvgIpc) is 2.61. The fraction of sp³-hybridized carbons (Fsp3) is 0.647. The number of hydrogen-bond acceptors (Lipinski definition) is 6. The van der Waals surface area contributed by atoms with Crippen LogP contribution >= 0.6 is 0 Å². The second kappa shape index (κ2) is 10.8. The molecule has 0 amide bonds. The van der Waals surface area contributed by atoms with Gasteiger partial charge in [-0.15, -0.1) is 0 Å². The Bertz CT molecular complexity index is 664. The van der Waals surface area contributed by atoms with Crippen LogP contribution in [-0.4, -0.2) is 58.1 Å². The van der Waals surface area contributed by atoms with Gasteiger partial charge in [0.05, 0.1) is 5.92 Å². The van der Waals surface area contributed by atoms with Gasteiger partial charge in [-0.25, -0.2) is 14.8 Å². The van der Waals surface area contributed by atoms with Gasteiger partial charge in [-0.2, -0.15) is 13.2 Å². The monoisotopic (exact) mass is 407 g/mol. The molecule has 8 nitrogen and oxygen atoms in total. The number of anilines is 1. The Morgan fingerprint density at radius 1 is 1.29 bits per heavy atom. The molecule has 1 unspecified atom stereocenters. The van der Waals surface area contributed by atoms with Crippen molar-refractivity contribution in [3.05, 3.63) is 17.6 Å². The summed E-state index contributed by atoms with van der Waals surface area (Å²) in [5.74, 6) is -2.34. The first-order valence-corrected chi connectivity index (χ1v) is 8.73. The molecular weight excluding hydrogens is 383 g/mol. The number of nitrogens with zero attached hydrogens (tertiary/aromatic N) is 2. The molecule has 0 aliphatic carbocycles. The molecule has 2 heterocycles. The van der Waals surface area contributed by atoms with E-state index in [0.29, 0.717) is 31.4 Å². The normalized spacial score (nSPS) is 15.9. The van der Waals surface area contributed by atoms with Crippen LogP contribution in [0.15, 0.2) is 6.07 Å². The minimum absolute atomic E-state index is 0.164. The van der Waals surface area contributed by atoms with Crippen LogP contribution in [0.4, 0.5) is 19.0 Å². The van der Waals surface area contributed by atoms with Crippen molar-refractivity contribution in [1.29, 1.82) is 0 Å². The van der Waals surface area contributed by atoms with Crippen molar-refractivity contribution in [2.75, 3.05) is 25.1 Å². The third-order valence-electron chi connectivity index (χ3n) is 4.15. The second-order valence-electron chi connectivity index (χ2n) is 6.22. The molecule has 1 aliphatic heterocycles. The highest BCUT2D eigenvalue weighted by molar-refractivity contribution is 5.73. The molecule has 1 aliphatic rings. The molecule has 1 aromatic heterocycles. The molecule has 0 saturated carbocycles. The molecule has 1 atom stereocenters. The Kier molecular flexibility index (Phi) is 9.10. The van der Waals surface area contributed by atoms with Gasteiger partial charge in [0.2, 0.25) is 0 Å². The number of rotatable bonds is 6. The first kappa shape index (κ1) is 23.6. The van der Waals surface area contributed by atoms with Crippen molar-refractivity contribution in [3.63, 3.8) is 0 Å². The van der Waals surface area contributed by atoms with Crippen LogP contribution in [0.25, 0.3) is 0 Å². The van der Waals surface area contributed by atoms with E-state index in [9.17, 15) is 23.1 Å². The van der Waals surface area contributed by atoms with Gasteiger partial charge >= 0.3 is 18.1 Å². The van der Waals surface area contributed by atoms with Crippen molar-refractivity contribution >= 4 is 17.8 Å². The highest BCUT2D eigenvalue weighted by atomic mass is 19.4. The fourth-order valence-corrected chi connectivity index (χ4v) is 2.69. The lowest BCUT2D eigenvalue weighted by atomic mass is 9.86. The molecule has 0 bridgehead atoms. The number of carbonyl (C=O) groups is 2. The molecule has 1 aromatic rings. The number of aliphatic carboxylic acids is 2. The first-order valence-electron chi connectivity index (χ1n) is 8.73. The van der Waals surface area contributed by atoms with Gasteiger partial charge in [0.1, 0.15) is 11.6 Å². The lowest BCUT2D eigenvalue weighted by Crippen LogP contribution is -2.34. The van der Waals surface area contributed by atoms with Crippen LogP contribution in [-0.2, 0) is 20.7 Å². The van der Waals surface area contributed by atoms with E-state index >= 15 is 0 Å². The van der Waals surface area contributed by atoms with Crippen molar-refractivity contribution in [3.8, 4) is 0 Å². The zero-order chi connectivity index (χ0) is 21.3. The third-order valence-corrected chi connectivity index (χ3v) is 4.15. The van der Waals surface area contributed by atoms with Crippen LogP contribution in [0.5, 0.6) is 0 Å². The van der Waals surface area contributed by atoms with Crippen molar-refractivity contribution in [2.24, 2.45) is 11.8 Å². The number of aromatic nitrogens is 2. The van der Waals surface area contributed by atoms with E-state index in [0.717, 1.165) is 25.0 Å². The summed E-state index contributed by atoms with van der Waals surface area (Å²) < 4.78 is 37.0. The smallest absolute Gasteiger partial charge is 0.481 e. The molecule has 28 heavy (non-hydrogen) atoms. The summed E-state index contributed by atoms with van der Waals surface area (Å²) in [6.07, 6.45) is -2.64. The van der Waals surface area contributed by atoms with E-state index in [4.69, 9.17) is 14.6 Å². The maximum Gasteiger partial charge on any atom is 0.490 e. The Morgan fingerprint density at radius 3 is 2.32 bits per heavy atom. The second-order valence-corrected chi connectivity index (χ2v) is 6.22. The van der Waals surface area contributed by atoms with Crippen LogP contribution in [0.3, 0.4) is 0 Å². The molecule has 11 heteroatoms. The molecule has 1 saturated heterocycles. The van der Waals surface area contributed by atoms with E-state index in [-0.39, 0.29) is 5.92 Å². The van der Waals surface area contributed by atoms with Crippen LogP contribution in [0, 0.1) is 18.8 Å². The Hall–Kier alpha value is -2.43. The Balaban J connectivity index is 0.000000480. The third kappa shape index (κ3) is 8.07. The molecule has 3 N–H and O–H groups in total. The number of hydrogen-bond donors (Lipinski definition) is 3. The minimum Gasteiger partial charge on any atom is -0.481 e. The maximum atomic E-state index is 11.5.